The minimum Gasteiger partial charge on any atom is -0.478 e. The van der Waals surface area contributed by atoms with Gasteiger partial charge in [-0.15, -0.1) is 0 Å². The van der Waals surface area contributed by atoms with Crippen molar-refractivity contribution in [3.63, 3.8) is 0 Å². The summed E-state index contributed by atoms with van der Waals surface area (Å²) in [6.45, 7) is 1.55. The molecule has 0 radical (unpaired) electrons. The van der Waals surface area contributed by atoms with E-state index in [2.05, 4.69) is 5.32 Å². The second-order valence-corrected chi connectivity index (χ2v) is 3.67. The number of carbonyl (C=O) groups is 1. The van der Waals surface area contributed by atoms with Crippen molar-refractivity contribution in [2.45, 2.75) is 0 Å². The Bertz CT molecular complexity index is 485. The lowest BCUT2D eigenvalue weighted by atomic mass is 10.0. The first-order valence-corrected chi connectivity index (χ1v) is 5.01. The third-order valence-corrected chi connectivity index (χ3v) is 2.72. The van der Waals surface area contributed by atoms with Crippen LogP contribution in [0.3, 0.4) is 0 Å². The molecule has 1 saturated heterocycles. The van der Waals surface area contributed by atoms with E-state index < -0.39 is 5.97 Å². The van der Waals surface area contributed by atoms with Crippen LogP contribution in [0.1, 0.15) is 0 Å². The molecule has 3 heterocycles. The van der Waals surface area contributed by atoms with Gasteiger partial charge in [0.15, 0.2) is 11.6 Å². The van der Waals surface area contributed by atoms with Crippen LogP contribution in [0.25, 0.3) is 0 Å². The topological polar surface area (TPSA) is 61.8 Å². The Kier molecular flexibility index (Phi) is 1.80. The molecule has 0 aromatic heterocycles. The van der Waals surface area contributed by atoms with Crippen molar-refractivity contribution in [1.29, 1.82) is 0 Å². The number of rotatable bonds is 1. The summed E-state index contributed by atoms with van der Waals surface area (Å²) in [6, 6.07) is 0. The van der Waals surface area contributed by atoms with Crippen LogP contribution in [-0.4, -0.2) is 29.1 Å². The molecule has 5 heteroatoms. The summed E-state index contributed by atoms with van der Waals surface area (Å²) < 4.78 is 5.40. The van der Waals surface area contributed by atoms with Gasteiger partial charge in [-0.25, -0.2) is 4.79 Å². The van der Waals surface area contributed by atoms with Crippen LogP contribution in [0.2, 0.25) is 0 Å². The van der Waals surface area contributed by atoms with E-state index in [1.165, 1.54) is 0 Å². The molecule has 0 saturated carbocycles. The molecule has 82 valence electrons. The lowest BCUT2D eigenvalue weighted by Crippen LogP contribution is -2.26. The Morgan fingerprint density at radius 1 is 1.56 bits per heavy atom. The second kappa shape index (κ2) is 3.16. The Balaban J connectivity index is 2.15. The first kappa shape index (κ1) is 9.08. The van der Waals surface area contributed by atoms with Gasteiger partial charge >= 0.3 is 5.97 Å². The average molecular weight is 218 g/mol. The highest BCUT2D eigenvalue weighted by Gasteiger charge is 2.32. The molecular weight excluding hydrogens is 208 g/mol. The third-order valence-electron chi connectivity index (χ3n) is 2.72. The average Bonchev–Trinajstić information content (AvgIpc) is 2.75. The van der Waals surface area contributed by atoms with E-state index >= 15 is 0 Å². The minimum absolute atomic E-state index is 0.270. The van der Waals surface area contributed by atoms with Gasteiger partial charge in [-0.3, -0.25) is 0 Å². The van der Waals surface area contributed by atoms with Crippen molar-refractivity contribution in [2.75, 3.05) is 13.1 Å². The van der Waals surface area contributed by atoms with E-state index in [1.54, 1.807) is 24.6 Å². The van der Waals surface area contributed by atoms with Gasteiger partial charge in [-0.1, -0.05) is 0 Å². The highest BCUT2D eigenvalue weighted by atomic mass is 16.5. The van der Waals surface area contributed by atoms with Crippen LogP contribution in [0, 0.1) is 0 Å². The fraction of sp³-hybridized carbons (Fsp3) is 0.182. The van der Waals surface area contributed by atoms with Crippen LogP contribution >= 0.6 is 0 Å². The van der Waals surface area contributed by atoms with Crippen LogP contribution in [0.15, 0.2) is 47.3 Å². The first-order chi connectivity index (χ1) is 7.77. The summed E-state index contributed by atoms with van der Waals surface area (Å²) in [7, 11) is 0. The molecule has 0 amide bonds. The maximum absolute atomic E-state index is 11.1. The van der Waals surface area contributed by atoms with Crippen LogP contribution in [0.4, 0.5) is 0 Å². The number of hydrogen-bond acceptors (Lipinski definition) is 4. The largest absolute Gasteiger partial charge is 0.478 e. The molecule has 3 rings (SSSR count). The molecule has 16 heavy (non-hydrogen) atoms. The minimum atomic E-state index is -0.936. The van der Waals surface area contributed by atoms with Crippen molar-refractivity contribution < 1.29 is 14.6 Å². The van der Waals surface area contributed by atoms with E-state index in [0.717, 1.165) is 18.9 Å². The van der Waals surface area contributed by atoms with Gasteiger partial charge in [0.25, 0.3) is 0 Å². The number of nitrogens with zero attached hydrogens (tertiary/aromatic N) is 1. The fourth-order valence-corrected chi connectivity index (χ4v) is 2.02. The van der Waals surface area contributed by atoms with Crippen molar-refractivity contribution in [2.24, 2.45) is 0 Å². The number of carboxylic acids is 1. The Morgan fingerprint density at radius 3 is 3.25 bits per heavy atom. The number of nitrogens with one attached hydrogen (secondary N) is 1. The molecule has 0 spiro atoms. The van der Waals surface area contributed by atoms with Crippen molar-refractivity contribution >= 4 is 5.97 Å². The number of aliphatic carboxylic acids is 1. The zero-order valence-corrected chi connectivity index (χ0v) is 8.43. The molecule has 0 aliphatic carbocycles. The van der Waals surface area contributed by atoms with Gasteiger partial charge in [-0.2, -0.15) is 0 Å². The monoisotopic (exact) mass is 218 g/mol. The molecule has 3 aliphatic rings. The van der Waals surface area contributed by atoms with Gasteiger partial charge in [0, 0.05) is 24.9 Å². The van der Waals surface area contributed by atoms with E-state index in [4.69, 9.17) is 9.84 Å². The first-order valence-electron chi connectivity index (χ1n) is 5.01. The van der Waals surface area contributed by atoms with Crippen molar-refractivity contribution in [1.82, 2.24) is 10.2 Å². The quantitative estimate of drug-likeness (QED) is 0.671. The molecular formula is C11H10N2O3. The number of carboxylic acid groups (broad SMARTS) is 1. The lowest BCUT2D eigenvalue weighted by molar-refractivity contribution is -0.132. The molecule has 5 nitrogen and oxygen atoms in total. The molecule has 0 bridgehead atoms. The fourth-order valence-electron chi connectivity index (χ4n) is 2.02. The molecule has 0 atom stereocenters. The molecule has 0 aromatic carbocycles. The van der Waals surface area contributed by atoms with E-state index in [0.29, 0.717) is 11.3 Å². The maximum Gasteiger partial charge on any atom is 0.337 e. The summed E-state index contributed by atoms with van der Waals surface area (Å²) >= 11 is 0. The van der Waals surface area contributed by atoms with Gasteiger partial charge in [0.05, 0.1) is 11.8 Å². The van der Waals surface area contributed by atoms with Gasteiger partial charge in [-0.05, 0) is 12.2 Å². The Hall–Kier alpha value is -2.17. The number of fused-ring (bicyclic) bond motifs is 2. The highest BCUT2D eigenvalue weighted by molar-refractivity contribution is 5.94. The normalized spacial score (nSPS) is 21.6. The number of hydrogen-bond donors (Lipinski definition) is 2. The van der Waals surface area contributed by atoms with E-state index in [9.17, 15) is 4.79 Å². The molecule has 0 unspecified atom stereocenters. The van der Waals surface area contributed by atoms with Crippen LogP contribution in [0.5, 0.6) is 0 Å². The van der Waals surface area contributed by atoms with E-state index in [1.807, 2.05) is 4.90 Å². The third kappa shape index (κ3) is 1.14. The molecule has 0 aromatic rings. The predicted molar refractivity (Wildman–Crippen MR) is 55.8 cm³/mol. The van der Waals surface area contributed by atoms with Gasteiger partial charge in [0.1, 0.15) is 0 Å². The summed E-state index contributed by atoms with van der Waals surface area (Å²) in [5.74, 6) is 0.508. The Morgan fingerprint density at radius 2 is 2.44 bits per heavy atom. The lowest BCUT2D eigenvalue weighted by Gasteiger charge is -2.26. The van der Waals surface area contributed by atoms with Gasteiger partial charge < -0.3 is 20.1 Å². The molecule has 3 aliphatic heterocycles. The summed E-state index contributed by atoms with van der Waals surface area (Å²) in [6.07, 6.45) is 6.65. The van der Waals surface area contributed by atoms with Crippen molar-refractivity contribution in [3.8, 4) is 0 Å². The summed E-state index contributed by atoms with van der Waals surface area (Å²) in [4.78, 5) is 13.0. The molecule has 1 fully saturated rings. The van der Waals surface area contributed by atoms with Crippen LogP contribution in [-0.2, 0) is 9.53 Å². The zero-order chi connectivity index (χ0) is 11.1. The zero-order valence-electron chi connectivity index (χ0n) is 8.43. The van der Waals surface area contributed by atoms with E-state index in [-0.39, 0.29) is 5.57 Å². The summed E-state index contributed by atoms with van der Waals surface area (Å²) in [5, 5.41) is 12.3. The standard InChI is InChI=1S/C11H10N2O3/c14-11(15)8-6-13-4-3-12-10(13)9-7(8)2-1-5-16-9/h1-2,5-6,12H,3-4H2,(H,14,15). The van der Waals surface area contributed by atoms with Gasteiger partial charge in [0.2, 0.25) is 0 Å². The smallest absolute Gasteiger partial charge is 0.337 e. The SMILES string of the molecule is O=C(O)C1=CN2CCNC2=C2OC=CC=C12. The van der Waals surface area contributed by atoms with Crippen LogP contribution < -0.4 is 5.32 Å². The molecule has 2 N–H and O–H groups in total. The summed E-state index contributed by atoms with van der Waals surface area (Å²) in [5.41, 5.74) is 0.891. The maximum atomic E-state index is 11.1. The Labute approximate surface area is 92.0 Å². The second-order valence-electron chi connectivity index (χ2n) is 3.67. The predicted octanol–water partition coefficient (Wildman–Crippen LogP) is 0.513. The number of allylic oxidation sites excluding steroid dienone is 3. The van der Waals surface area contributed by atoms with Crippen molar-refractivity contribution in [3.05, 3.63) is 47.3 Å². The highest BCUT2D eigenvalue weighted by Crippen LogP contribution is 2.33. The number of ether oxygens (including phenoxy) is 1.